The molecule has 1 fully saturated rings. The normalized spacial score (nSPS) is 13.8. The third-order valence-corrected chi connectivity index (χ3v) is 1.55. The number of ether oxygens (including phenoxy) is 1. The Labute approximate surface area is 82.1 Å². The van der Waals surface area contributed by atoms with Crippen LogP contribution in [0.25, 0.3) is 0 Å². The fourth-order valence-electron chi connectivity index (χ4n) is 1.03. The van der Waals surface area contributed by atoms with Crippen molar-refractivity contribution in [2.75, 3.05) is 27.3 Å². The van der Waals surface area contributed by atoms with E-state index in [9.17, 15) is 4.79 Å². The average molecular weight is 189 g/mol. The summed E-state index contributed by atoms with van der Waals surface area (Å²) in [5.74, 6) is 0.225. The van der Waals surface area contributed by atoms with Crippen molar-refractivity contribution < 1.29 is 9.53 Å². The molecule has 0 aromatic carbocycles. The first kappa shape index (κ1) is 14.9. The largest absolute Gasteiger partial charge is 0.388 e. The predicted molar refractivity (Wildman–Crippen MR) is 55.8 cm³/mol. The van der Waals surface area contributed by atoms with E-state index >= 15 is 0 Å². The minimum atomic E-state index is 0.225. The number of nitrogens with zero attached hydrogens (tertiary/aromatic N) is 1. The van der Waals surface area contributed by atoms with Crippen molar-refractivity contribution in [1.29, 1.82) is 0 Å². The Hall–Kier alpha value is -0.570. The van der Waals surface area contributed by atoms with E-state index in [-0.39, 0.29) is 5.91 Å². The Kier molecular flexibility index (Phi) is 13.1. The quantitative estimate of drug-likeness (QED) is 0.582. The standard InChI is InChI=1S/C6H11NO.C2H6O.C2H6/c1-6(8)7-4-2-3-5-7;1-3-2;1-2/h2-5H2,1H3;1-2H3;1-2H3. The van der Waals surface area contributed by atoms with Crippen LogP contribution in [0.1, 0.15) is 33.6 Å². The van der Waals surface area contributed by atoms with Crippen LogP contribution in [0.15, 0.2) is 0 Å². The van der Waals surface area contributed by atoms with E-state index in [2.05, 4.69) is 4.74 Å². The maximum Gasteiger partial charge on any atom is 0.219 e. The van der Waals surface area contributed by atoms with Gasteiger partial charge in [-0.25, -0.2) is 0 Å². The van der Waals surface area contributed by atoms with Crippen LogP contribution in [0, 0.1) is 0 Å². The zero-order valence-electron chi connectivity index (χ0n) is 9.59. The lowest BCUT2D eigenvalue weighted by Gasteiger charge is -2.10. The van der Waals surface area contributed by atoms with Crippen LogP contribution in [-0.4, -0.2) is 38.1 Å². The molecule has 0 N–H and O–H groups in total. The number of rotatable bonds is 0. The van der Waals surface area contributed by atoms with Gasteiger partial charge < -0.3 is 9.64 Å². The molecule has 80 valence electrons. The molecule has 0 aromatic heterocycles. The van der Waals surface area contributed by atoms with Crippen LogP contribution in [0.3, 0.4) is 0 Å². The number of carbonyl (C=O) groups is 1. The second kappa shape index (κ2) is 11.4. The summed E-state index contributed by atoms with van der Waals surface area (Å²) in [5, 5.41) is 0. The van der Waals surface area contributed by atoms with Gasteiger partial charge >= 0.3 is 0 Å². The van der Waals surface area contributed by atoms with E-state index in [1.165, 1.54) is 12.8 Å². The molecule has 13 heavy (non-hydrogen) atoms. The van der Waals surface area contributed by atoms with Crippen molar-refractivity contribution in [3.05, 3.63) is 0 Å². The van der Waals surface area contributed by atoms with Gasteiger partial charge in [0.1, 0.15) is 0 Å². The molecule has 0 atom stereocenters. The summed E-state index contributed by atoms with van der Waals surface area (Å²) in [7, 11) is 3.25. The number of likely N-dealkylation sites (tertiary alicyclic amines) is 1. The Balaban J connectivity index is 0. The summed E-state index contributed by atoms with van der Waals surface area (Å²) in [6.07, 6.45) is 2.39. The van der Waals surface area contributed by atoms with E-state index in [4.69, 9.17) is 0 Å². The van der Waals surface area contributed by atoms with Gasteiger partial charge in [-0.05, 0) is 12.8 Å². The summed E-state index contributed by atoms with van der Waals surface area (Å²) in [6, 6.07) is 0. The van der Waals surface area contributed by atoms with Gasteiger partial charge in [-0.3, -0.25) is 4.79 Å². The fraction of sp³-hybridized carbons (Fsp3) is 0.900. The monoisotopic (exact) mass is 189 g/mol. The van der Waals surface area contributed by atoms with E-state index in [0.29, 0.717) is 0 Å². The van der Waals surface area contributed by atoms with Gasteiger partial charge in [0.05, 0.1) is 0 Å². The maximum atomic E-state index is 10.6. The van der Waals surface area contributed by atoms with Gasteiger partial charge in [-0.2, -0.15) is 0 Å². The fourth-order valence-corrected chi connectivity index (χ4v) is 1.03. The van der Waals surface area contributed by atoms with Crippen LogP contribution in [0.4, 0.5) is 0 Å². The summed E-state index contributed by atoms with van der Waals surface area (Å²) in [4.78, 5) is 12.5. The Morgan fingerprint density at radius 2 is 1.46 bits per heavy atom. The molecule has 1 heterocycles. The van der Waals surface area contributed by atoms with Crippen LogP contribution >= 0.6 is 0 Å². The van der Waals surface area contributed by atoms with Gasteiger partial charge in [0, 0.05) is 34.2 Å². The van der Waals surface area contributed by atoms with Crippen molar-refractivity contribution in [2.24, 2.45) is 0 Å². The highest BCUT2D eigenvalue weighted by atomic mass is 16.4. The summed E-state index contributed by atoms with van der Waals surface area (Å²) < 4.78 is 4.25. The van der Waals surface area contributed by atoms with Crippen molar-refractivity contribution in [2.45, 2.75) is 33.6 Å². The van der Waals surface area contributed by atoms with Crippen molar-refractivity contribution in [1.82, 2.24) is 4.90 Å². The molecular formula is C10H23NO2. The molecule has 0 saturated carbocycles. The van der Waals surface area contributed by atoms with Crippen LogP contribution < -0.4 is 0 Å². The first-order chi connectivity index (χ1) is 6.22. The van der Waals surface area contributed by atoms with E-state index in [0.717, 1.165) is 13.1 Å². The molecule has 0 bridgehead atoms. The maximum absolute atomic E-state index is 10.6. The summed E-state index contributed by atoms with van der Waals surface area (Å²) in [6.45, 7) is 7.59. The Bertz CT molecular complexity index is 109. The van der Waals surface area contributed by atoms with E-state index < -0.39 is 0 Å². The summed E-state index contributed by atoms with van der Waals surface area (Å²) >= 11 is 0. The zero-order valence-corrected chi connectivity index (χ0v) is 9.59. The van der Waals surface area contributed by atoms with Crippen molar-refractivity contribution in [3.63, 3.8) is 0 Å². The van der Waals surface area contributed by atoms with Crippen LogP contribution in [-0.2, 0) is 9.53 Å². The van der Waals surface area contributed by atoms with Gasteiger partial charge in [0.25, 0.3) is 0 Å². The van der Waals surface area contributed by atoms with Gasteiger partial charge in [-0.1, -0.05) is 13.8 Å². The zero-order chi connectivity index (χ0) is 10.7. The average Bonchev–Trinajstić information content (AvgIpc) is 2.61. The topological polar surface area (TPSA) is 29.5 Å². The molecular weight excluding hydrogens is 166 g/mol. The highest BCUT2D eigenvalue weighted by Crippen LogP contribution is 2.05. The molecule has 1 saturated heterocycles. The molecule has 3 nitrogen and oxygen atoms in total. The first-order valence-electron chi connectivity index (χ1n) is 4.88. The number of hydrogen-bond acceptors (Lipinski definition) is 2. The first-order valence-corrected chi connectivity index (χ1v) is 4.88. The second-order valence-electron chi connectivity index (χ2n) is 2.62. The molecule has 1 rings (SSSR count). The van der Waals surface area contributed by atoms with E-state index in [1.807, 2.05) is 18.7 Å². The van der Waals surface area contributed by atoms with Crippen LogP contribution in [0.2, 0.25) is 0 Å². The highest BCUT2D eigenvalue weighted by molar-refractivity contribution is 5.73. The predicted octanol–water partition coefficient (Wildman–Crippen LogP) is 1.92. The lowest BCUT2D eigenvalue weighted by molar-refractivity contribution is -0.127. The molecule has 1 aliphatic heterocycles. The van der Waals surface area contributed by atoms with Crippen molar-refractivity contribution in [3.8, 4) is 0 Å². The molecule has 0 unspecified atom stereocenters. The van der Waals surface area contributed by atoms with Crippen LogP contribution in [0.5, 0.6) is 0 Å². The SMILES string of the molecule is CC.CC(=O)N1CCCC1.COC. The minimum absolute atomic E-state index is 0.225. The molecule has 1 amide bonds. The number of carbonyl (C=O) groups excluding carboxylic acids is 1. The summed E-state index contributed by atoms with van der Waals surface area (Å²) in [5.41, 5.74) is 0. The van der Waals surface area contributed by atoms with E-state index in [1.54, 1.807) is 21.1 Å². The molecule has 0 aliphatic carbocycles. The van der Waals surface area contributed by atoms with Gasteiger partial charge in [0.15, 0.2) is 0 Å². The Morgan fingerprint density at radius 3 is 1.62 bits per heavy atom. The number of methoxy groups -OCH3 is 1. The minimum Gasteiger partial charge on any atom is -0.388 e. The molecule has 0 spiro atoms. The molecule has 0 radical (unpaired) electrons. The molecule has 0 aromatic rings. The molecule has 3 heteroatoms. The smallest absolute Gasteiger partial charge is 0.219 e. The van der Waals surface area contributed by atoms with Gasteiger partial charge in [0.2, 0.25) is 5.91 Å². The second-order valence-corrected chi connectivity index (χ2v) is 2.62. The third kappa shape index (κ3) is 9.34. The van der Waals surface area contributed by atoms with Crippen molar-refractivity contribution >= 4 is 5.91 Å². The Morgan fingerprint density at radius 1 is 1.15 bits per heavy atom. The molecule has 1 aliphatic rings. The lowest BCUT2D eigenvalue weighted by Crippen LogP contribution is -2.24. The highest BCUT2D eigenvalue weighted by Gasteiger charge is 2.12. The number of hydrogen-bond donors (Lipinski definition) is 0. The van der Waals surface area contributed by atoms with Gasteiger partial charge in [-0.15, -0.1) is 0 Å². The third-order valence-electron chi connectivity index (χ3n) is 1.55. The lowest BCUT2D eigenvalue weighted by atomic mass is 10.4. The number of amides is 1.